The van der Waals surface area contributed by atoms with Crippen LogP contribution in [0.15, 0.2) is 48.7 Å². The van der Waals surface area contributed by atoms with Crippen LogP contribution in [0.5, 0.6) is 0 Å². The van der Waals surface area contributed by atoms with Gasteiger partial charge in [-0.15, -0.1) is 0 Å². The molecule has 2 heterocycles. The van der Waals surface area contributed by atoms with Gasteiger partial charge in [-0.25, -0.2) is 0 Å². The van der Waals surface area contributed by atoms with Crippen LogP contribution in [0.4, 0.5) is 0 Å². The summed E-state index contributed by atoms with van der Waals surface area (Å²) < 4.78 is 2.19. The molecule has 1 N–H and O–H groups in total. The lowest BCUT2D eigenvalue weighted by atomic mass is 10.1. The van der Waals surface area contributed by atoms with Gasteiger partial charge in [0.2, 0.25) is 5.91 Å². The van der Waals surface area contributed by atoms with Crippen molar-refractivity contribution in [2.24, 2.45) is 0 Å². The molecule has 0 saturated carbocycles. The lowest BCUT2D eigenvalue weighted by molar-refractivity contribution is -0.129. The Morgan fingerprint density at radius 2 is 1.92 bits per heavy atom. The summed E-state index contributed by atoms with van der Waals surface area (Å²) in [5, 5.41) is 2.59. The minimum atomic E-state index is -0.119. The van der Waals surface area contributed by atoms with Crippen LogP contribution in [0.25, 0.3) is 6.08 Å². The molecule has 2 amide bonds. The van der Waals surface area contributed by atoms with Gasteiger partial charge >= 0.3 is 0 Å². The van der Waals surface area contributed by atoms with E-state index in [1.54, 1.807) is 31.3 Å². The van der Waals surface area contributed by atoms with Crippen molar-refractivity contribution in [1.82, 2.24) is 14.8 Å². The Kier molecular flexibility index (Phi) is 4.51. The van der Waals surface area contributed by atoms with E-state index in [2.05, 4.69) is 29.1 Å². The molecular weight excluding hydrogens is 302 g/mol. The van der Waals surface area contributed by atoms with Gasteiger partial charge in [-0.2, -0.15) is 0 Å². The van der Waals surface area contributed by atoms with E-state index >= 15 is 0 Å². The zero-order valence-corrected chi connectivity index (χ0v) is 13.9. The Labute approximate surface area is 141 Å². The number of carbonyl (C=O) groups is 2. The monoisotopic (exact) mass is 323 g/mol. The van der Waals surface area contributed by atoms with Crippen LogP contribution in [0.1, 0.15) is 34.6 Å². The van der Waals surface area contributed by atoms with E-state index in [-0.39, 0.29) is 17.9 Å². The zero-order valence-electron chi connectivity index (χ0n) is 13.9. The summed E-state index contributed by atoms with van der Waals surface area (Å²) in [6.07, 6.45) is 5.44. The number of amides is 2. The van der Waals surface area contributed by atoms with Crippen LogP contribution in [0.3, 0.4) is 0 Å². The lowest BCUT2D eigenvalue weighted by Crippen LogP contribution is -2.39. The Morgan fingerprint density at radius 3 is 2.62 bits per heavy atom. The molecule has 0 bridgehead atoms. The van der Waals surface area contributed by atoms with E-state index in [4.69, 9.17) is 0 Å². The molecular formula is C19H21N3O2. The van der Waals surface area contributed by atoms with Crippen molar-refractivity contribution < 1.29 is 9.59 Å². The first kappa shape index (κ1) is 16.1. The summed E-state index contributed by atoms with van der Waals surface area (Å²) in [6, 6.07) is 11.3. The summed E-state index contributed by atoms with van der Waals surface area (Å²) >= 11 is 0. The standard InChI is InChI=1S/C19H21N3O2/c1-14-17-4-3-11-21(17)12-13-22(14)18(23)10-7-15-5-8-16(9-6-15)19(24)20-2/h3-11,14H,12-13H2,1-2H3,(H,20,24)/b10-7-/t14-/m1/s1. The third-order valence-corrected chi connectivity index (χ3v) is 4.44. The van der Waals surface area contributed by atoms with Crippen molar-refractivity contribution in [3.63, 3.8) is 0 Å². The normalized spacial score (nSPS) is 16.9. The first-order valence-corrected chi connectivity index (χ1v) is 8.06. The van der Waals surface area contributed by atoms with Crippen LogP contribution < -0.4 is 5.32 Å². The average Bonchev–Trinajstić information content (AvgIpc) is 3.09. The summed E-state index contributed by atoms with van der Waals surface area (Å²) in [4.78, 5) is 25.9. The average molecular weight is 323 g/mol. The second-order valence-corrected chi connectivity index (χ2v) is 5.87. The summed E-state index contributed by atoms with van der Waals surface area (Å²) in [6.45, 7) is 3.59. The van der Waals surface area contributed by atoms with Gasteiger partial charge in [-0.05, 0) is 42.8 Å². The van der Waals surface area contributed by atoms with E-state index in [1.165, 1.54) is 0 Å². The van der Waals surface area contributed by atoms with Crippen LogP contribution in [-0.4, -0.2) is 34.9 Å². The number of fused-ring (bicyclic) bond motifs is 1. The van der Waals surface area contributed by atoms with Gasteiger partial charge in [0, 0.05) is 43.7 Å². The van der Waals surface area contributed by atoms with Gasteiger partial charge in [0.15, 0.2) is 0 Å². The number of hydrogen-bond donors (Lipinski definition) is 1. The molecule has 3 rings (SSSR count). The van der Waals surface area contributed by atoms with E-state index in [0.717, 1.165) is 17.8 Å². The number of aromatic nitrogens is 1. The third-order valence-electron chi connectivity index (χ3n) is 4.44. The molecule has 2 aromatic rings. The lowest BCUT2D eigenvalue weighted by Gasteiger charge is -2.34. The number of carbonyl (C=O) groups excluding carboxylic acids is 2. The largest absolute Gasteiger partial charge is 0.355 e. The minimum absolute atomic E-state index is 0.00493. The Hall–Kier alpha value is -2.82. The van der Waals surface area contributed by atoms with Crippen molar-refractivity contribution in [2.75, 3.05) is 13.6 Å². The predicted octanol–water partition coefficient (Wildman–Crippen LogP) is 2.46. The Bertz CT molecular complexity index is 774. The molecule has 1 aromatic heterocycles. The molecule has 24 heavy (non-hydrogen) atoms. The van der Waals surface area contributed by atoms with E-state index in [9.17, 15) is 9.59 Å². The van der Waals surface area contributed by atoms with Gasteiger partial charge < -0.3 is 14.8 Å². The molecule has 1 aliphatic rings. The molecule has 0 fully saturated rings. The van der Waals surface area contributed by atoms with Crippen LogP contribution in [0.2, 0.25) is 0 Å². The first-order chi connectivity index (χ1) is 11.6. The first-order valence-electron chi connectivity index (χ1n) is 8.06. The second kappa shape index (κ2) is 6.74. The fraction of sp³-hybridized carbons (Fsp3) is 0.263. The number of nitrogens with zero attached hydrogens (tertiary/aromatic N) is 2. The summed E-state index contributed by atoms with van der Waals surface area (Å²) in [5.41, 5.74) is 2.66. The van der Waals surface area contributed by atoms with Crippen molar-refractivity contribution in [3.05, 3.63) is 65.5 Å². The van der Waals surface area contributed by atoms with Crippen molar-refractivity contribution in [3.8, 4) is 0 Å². The summed E-state index contributed by atoms with van der Waals surface area (Å²) in [5.74, 6) is -0.114. The van der Waals surface area contributed by atoms with Crippen LogP contribution in [-0.2, 0) is 11.3 Å². The highest BCUT2D eigenvalue weighted by molar-refractivity contribution is 5.95. The summed E-state index contributed by atoms with van der Waals surface area (Å²) in [7, 11) is 1.60. The van der Waals surface area contributed by atoms with Gasteiger partial charge in [-0.1, -0.05) is 12.1 Å². The van der Waals surface area contributed by atoms with Gasteiger partial charge in [0.1, 0.15) is 0 Å². The van der Waals surface area contributed by atoms with Gasteiger partial charge in [0.25, 0.3) is 5.91 Å². The van der Waals surface area contributed by atoms with Crippen molar-refractivity contribution in [1.29, 1.82) is 0 Å². The van der Waals surface area contributed by atoms with E-state index in [1.807, 2.05) is 23.1 Å². The molecule has 1 aromatic carbocycles. The number of rotatable bonds is 3. The SMILES string of the molecule is CNC(=O)c1ccc(/C=C\C(=O)N2CCn3cccc3[C@H]2C)cc1. The molecule has 0 saturated heterocycles. The van der Waals surface area contributed by atoms with Crippen molar-refractivity contribution >= 4 is 17.9 Å². The van der Waals surface area contributed by atoms with Crippen LogP contribution in [0, 0.1) is 0 Å². The number of nitrogens with one attached hydrogen (secondary N) is 1. The maximum absolute atomic E-state index is 12.5. The highest BCUT2D eigenvalue weighted by atomic mass is 16.2. The molecule has 0 radical (unpaired) electrons. The number of benzene rings is 1. The Balaban J connectivity index is 1.68. The fourth-order valence-electron chi connectivity index (χ4n) is 3.03. The highest BCUT2D eigenvalue weighted by Gasteiger charge is 2.25. The minimum Gasteiger partial charge on any atom is -0.355 e. The Morgan fingerprint density at radius 1 is 1.17 bits per heavy atom. The van der Waals surface area contributed by atoms with Gasteiger partial charge in [0.05, 0.1) is 6.04 Å². The predicted molar refractivity (Wildman–Crippen MR) is 93.4 cm³/mol. The molecule has 0 unspecified atom stereocenters. The second-order valence-electron chi connectivity index (χ2n) is 5.87. The maximum Gasteiger partial charge on any atom is 0.251 e. The fourth-order valence-corrected chi connectivity index (χ4v) is 3.03. The zero-order chi connectivity index (χ0) is 17.1. The maximum atomic E-state index is 12.5. The number of hydrogen-bond acceptors (Lipinski definition) is 2. The molecule has 5 heteroatoms. The van der Waals surface area contributed by atoms with Gasteiger partial charge in [-0.3, -0.25) is 9.59 Å². The molecule has 0 aliphatic carbocycles. The van der Waals surface area contributed by atoms with Crippen LogP contribution >= 0.6 is 0 Å². The van der Waals surface area contributed by atoms with E-state index < -0.39 is 0 Å². The third kappa shape index (κ3) is 3.11. The smallest absolute Gasteiger partial charge is 0.251 e. The quantitative estimate of drug-likeness (QED) is 0.882. The molecule has 1 atom stereocenters. The van der Waals surface area contributed by atoms with E-state index in [0.29, 0.717) is 12.1 Å². The molecule has 1 aliphatic heterocycles. The topological polar surface area (TPSA) is 54.3 Å². The van der Waals surface area contributed by atoms with Crippen molar-refractivity contribution in [2.45, 2.75) is 19.5 Å². The molecule has 0 spiro atoms. The molecule has 5 nitrogen and oxygen atoms in total. The molecule has 124 valence electrons. The highest BCUT2D eigenvalue weighted by Crippen LogP contribution is 2.25.